The lowest BCUT2D eigenvalue weighted by Crippen LogP contribution is -2.39. The average molecular weight is 574 g/mol. The molecule has 3 aliphatic heterocycles. The molecular weight excluding hydrogens is 547 g/mol. The van der Waals surface area contributed by atoms with Gasteiger partial charge in [-0.25, -0.2) is 0 Å². The van der Waals surface area contributed by atoms with E-state index in [-0.39, 0.29) is 22.9 Å². The number of benzene rings is 2. The second-order valence-electron chi connectivity index (χ2n) is 10.2. The number of aromatic hydroxyl groups is 1. The molecule has 6 rings (SSSR count). The number of nitrogens with zero attached hydrogens (tertiary/aromatic N) is 5. The maximum Gasteiger partial charge on any atom is 0.416 e. The summed E-state index contributed by atoms with van der Waals surface area (Å²) in [6, 6.07) is 9.56. The first-order valence-electron chi connectivity index (χ1n) is 13.1. The summed E-state index contributed by atoms with van der Waals surface area (Å²) >= 11 is 7.28. The molecule has 0 bridgehead atoms. The molecule has 4 heterocycles. The van der Waals surface area contributed by atoms with Crippen molar-refractivity contribution in [1.82, 2.24) is 9.88 Å². The monoisotopic (exact) mass is 573 g/mol. The second-order valence-corrected chi connectivity index (χ2v) is 11.6. The summed E-state index contributed by atoms with van der Waals surface area (Å²) < 4.78 is 42.0. The largest absolute Gasteiger partial charge is 0.492 e. The van der Waals surface area contributed by atoms with E-state index in [1.54, 1.807) is 18.3 Å². The molecule has 3 aromatic rings. The normalized spacial score (nSPS) is 20.0. The fraction of sp³-hybridized carbons (Fsp3) is 0.393. The maximum absolute atomic E-state index is 14.0. The van der Waals surface area contributed by atoms with Gasteiger partial charge >= 0.3 is 6.18 Å². The number of likely N-dealkylation sites (tertiary alicyclic amines) is 1. The third kappa shape index (κ3) is 5.42. The van der Waals surface area contributed by atoms with Crippen molar-refractivity contribution in [3.05, 3.63) is 73.6 Å². The quantitative estimate of drug-likeness (QED) is 0.451. The number of hydrogen-bond donors (Lipinski definition) is 1. The lowest BCUT2D eigenvalue weighted by molar-refractivity contribution is -0.138. The van der Waals surface area contributed by atoms with Crippen LogP contribution in [0.4, 0.5) is 18.3 Å². The van der Waals surface area contributed by atoms with Crippen LogP contribution >= 0.6 is 22.9 Å². The topological polar surface area (TPSA) is 64.3 Å². The van der Waals surface area contributed by atoms with Crippen molar-refractivity contribution in [2.75, 3.05) is 31.1 Å². The molecule has 11 heteroatoms. The summed E-state index contributed by atoms with van der Waals surface area (Å²) in [6.45, 7) is 4.01. The van der Waals surface area contributed by atoms with Crippen molar-refractivity contribution in [2.24, 2.45) is 10.2 Å². The number of alkyl halides is 3. The molecule has 2 aromatic carbocycles. The van der Waals surface area contributed by atoms with Gasteiger partial charge in [0, 0.05) is 36.1 Å². The van der Waals surface area contributed by atoms with E-state index in [9.17, 15) is 18.3 Å². The van der Waals surface area contributed by atoms with E-state index in [0.717, 1.165) is 50.7 Å². The third-order valence-corrected chi connectivity index (χ3v) is 9.02. The van der Waals surface area contributed by atoms with Crippen molar-refractivity contribution in [3.63, 3.8) is 0 Å². The minimum Gasteiger partial charge on any atom is -0.492 e. The van der Waals surface area contributed by atoms with Crippen molar-refractivity contribution in [3.8, 4) is 5.88 Å². The van der Waals surface area contributed by atoms with Gasteiger partial charge in [-0.2, -0.15) is 28.4 Å². The first-order valence-corrected chi connectivity index (χ1v) is 14.2. The van der Waals surface area contributed by atoms with Crippen molar-refractivity contribution in [1.29, 1.82) is 0 Å². The zero-order chi connectivity index (χ0) is 27.1. The molecule has 0 spiro atoms. The molecule has 3 aliphatic rings. The van der Waals surface area contributed by atoms with Crippen molar-refractivity contribution < 1.29 is 18.3 Å². The molecule has 6 nitrogen and oxygen atoms in total. The summed E-state index contributed by atoms with van der Waals surface area (Å²) in [5, 5.41) is 21.2. The van der Waals surface area contributed by atoms with Crippen molar-refractivity contribution >= 4 is 39.9 Å². The van der Waals surface area contributed by atoms with Crippen LogP contribution in [0.5, 0.6) is 5.88 Å². The number of aromatic nitrogens is 1. The molecule has 0 radical (unpaired) electrons. The lowest BCUT2D eigenvalue weighted by Gasteiger charge is -2.28. The van der Waals surface area contributed by atoms with Crippen LogP contribution in [0.2, 0.25) is 5.02 Å². The van der Waals surface area contributed by atoms with Crippen LogP contribution in [0, 0.1) is 0 Å². The van der Waals surface area contributed by atoms with E-state index < -0.39 is 11.7 Å². The first-order chi connectivity index (χ1) is 18.8. The van der Waals surface area contributed by atoms with Gasteiger partial charge in [-0.3, -0.25) is 0 Å². The Kier molecular flexibility index (Phi) is 7.11. The molecule has 2 saturated heterocycles. The van der Waals surface area contributed by atoms with Crippen LogP contribution in [0.15, 0.2) is 46.6 Å². The number of fused-ring (bicyclic) bond motifs is 1. The van der Waals surface area contributed by atoms with Gasteiger partial charge in [0.15, 0.2) is 5.13 Å². The van der Waals surface area contributed by atoms with E-state index in [4.69, 9.17) is 11.6 Å². The smallest absolute Gasteiger partial charge is 0.416 e. The van der Waals surface area contributed by atoms with Crippen LogP contribution < -0.4 is 15.5 Å². The van der Waals surface area contributed by atoms with E-state index in [2.05, 4.69) is 25.0 Å². The van der Waals surface area contributed by atoms with Gasteiger partial charge in [0.25, 0.3) is 0 Å². The van der Waals surface area contributed by atoms with Crippen LogP contribution in [-0.4, -0.2) is 53.4 Å². The number of thiazole rings is 1. The van der Waals surface area contributed by atoms with Gasteiger partial charge in [-0.1, -0.05) is 35.1 Å². The van der Waals surface area contributed by atoms with Crippen molar-refractivity contribution in [2.45, 2.75) is 44.3 Å². The second kappa shape index (κ2) is 10.6. The van der Waals surface area contributed by atoms with Gasteiger partial charge in [0.05, 0.1) is 22.0 Å². The SMILES string of the molecule is Oc1nc(N2CCC[C@H]2CN2CCCC2)sc1/C(Cc1ccc(Cl)cc1C(F)(F)F)=c1\ccc2c(c1)C=NN=2. The standard InChI is InChI=1S/C28H27ClF3N5OS/c29-20-7-5-18(23(14-20)28(30,31)32)13-22(17-6-8-24-19(12-17)15-33-35-24)25-26(38)34-27(39-25)37-11-3-4-21(37)16-36-9-1-2-10-36/h5-8,12,14-15,21,38H,1-4,9-11,13,16H2/b22-17+/t21-/m0/s1. The highest BCUT2D eigenvalue weighted by atomic mass is 35.5. The van der Waals surface area contributed by atoms with Gasteiger partial charge in [-0.15, -0.1) is 0 Å². The molecule has 0 aliphatic carbocycles. The fourth-order valence-corrected chi connectivity index (χ4v) is 7.02. The summed E-state index contributed by atoms with van der Waals surface area (Å²) in [6.07, 6.45) is 1.51. The van der Waals surface area contributed by atoms with Crippen LogP contribution in [0.1, 0.15) is 47.3 Å². The zero-order valence-corrected chi connectivity index (χ0v) is 22.7. The predicted molar refractivity (Wildman–Crippen MR) is 147 cm³/mol. The molecule has 0 amide bonds. The van der Waals surface area contributed by atoms with Crippen LogP contribution in [0.25, 0.3) is 5.57 Å². The van der Waals surface area contributed by atoms with Gasteiger partial charge in [0.2, 0.25) is 5.88 Å². The van der Waals surface area contributed by atoms with Crippen LogP contribution in [0.3, 0.4) is 0 Å². The highest BCUT2D eigenvalue weighted by Crippen LogP contribution is 2.41. The van der Waals surface area contributed by atoms with E-state index in [1.807, 2.05) is 6.07 Å². The predicted octanol–water partition coefficient (Wildman–Crippen LogP) is 4.99. The van der Waals surface area contributed by atoms with E-state index in [0.29, 0.717) is 32.2 Å². The molecule has 1 aromatic heterocycles. The molecule has 0 saturated carbocycles. The molecule has 204 valence electrons. The summed E-state index contributed by atoms with van der Waals surface area (Å²) in [4.78, 5) is 9.73. The Morgan fingerprint density at radius 2 is 1.90 bits per heavy atom. The van der Waals surface area contributed by atoms with Gasteiger partial charge in [0.1, 0.15) is 0 Å². The maximum atomic E-state index is 14.0. The Bertz CT molecular complexity index is 1550. The van der Waals surface area contributed by atoms with E-state index in [1.165, 1.54) is 36.3 Å². The first kappa shape index (κ1) is 26.3. The molecule has 39 heavy (non-hydrogen) atoms. The number of anilines is 1. The fourth-order valence-electron chi connectivity index (χ4n) is 5.72. The number of rotatable bonds is 6. The molecule has 0 unspecified atom stereocenters. The average Bonchev–Trinajstić information content (AvgIpc) is 3.71. The third-order valence-electron chi connectivity index (χ3n) is 7.65. The Labute approximate surface area is 232 Å². The highest BCUT2D eigenvalue weighted by Gasteiger charge is 2.35. The Morgan fingerprint density at radius 3 is 2.69 bits per heavy atom. The summed E-state index contributed by atoms with van der Waals surface area (Å²) in [7, 11) is 0. The molecule has 1 N–H and O–H groups in total. The minimum atomic E-state index is -4.58. The molecule has 2 fully saturated rings. The zero-order valence-electron chi connectivity index (χ0n) is 21.1. The van der Waals surface area contributed by atoms with Gasteiger partial charge in [-0.05, 0) is 79.4 Å². The lowest BCUT2D eigenvalue weighted by atomic mass is 9.96. The summed E-state index contributed by atoms with van der Waals surface area (Å²) in [5.74, 6) is -0.168. The highest BCUT2D eigenvalue weighted by molar-refractivity contribution is 7.17. The van der Waals surface area contributed by atoms with Gasteiger partial charge < -0.3 is 14.9 Å². The molecular formula is C28H27ClF3N5OS. The van der Waals surface area contributed by atoms with Crippen LogP contribution in [-0.2, 0) is 12.6 Å². The number of halogens is 4. The Morgan fingerprint density at radius 1 is 1.08 bits per heavy atom. The molecule has 1 atom stereocenters. The number of hydrogen-bond acceptors (Lipinski definition) is 7. The summed E-state index contributed by atoms with van der Waals surface area (Å²) in [5.41, 5.74) is 0.608. The minimum absolute atomic E-state index is 0.0176. The Balaban J connectivity index is 1.43. The van der Waals surface area contributed by atoms with E-state index >= 15 is 0 Å². The Hall–Kier alpha value is -2.95.